The first-order valence-electron chi connectivity index (χ1n) is 10.5. The Morgan fingerprint density at radius 2 is 1.79 bits per heavy atom. The molecule has 0 radical (unpaired) electrons. The Bertz CT molecular complexity index is 1310. The van der Waals surface area contributed by atoms with Crippen LogP contribution in [0.3, 0.4) is 0 Å². The normalized spacial score (nSPS) is 10.3. The highest BCUT2D eigenvalue weighted by Gasteiger charge is 2.10. The molecule has 5 nitrogen and oxygen atoms in total. The molecule has 33 heavy (non-hydrogen) atoms. The van der Waals surface area contributed by atoms with Gasteiger partial charge in [0.05, 0.1) is 11.1 Å². The fraction of sp³-hybridized carbons (Fsp3) is 0.107. The molecular weight excluding hydrogens is 412 g/mol. The number of hydrogen-bond acceptors (Lipinski definition) is 5. The highest BCUT2D eigenvalue weighted by molar-refractivity contribution is 5.79. The van der Waals surface area contributed by atoms with E-state index in [9.17, 15) is 4.79 Å². The van der Waals surface area contributed by atoms with Crippen molar-refractivity contribution in [2.24, 2.45) is 0 Å². The molecule has 0 fully saturated rings. The Hall–Kier alpha value is -4.43. The molecule has 3 aromatic carbocycles. The van der Waals surface area contributed by atoms with Gasteiger partial charge in [-0.3, -0.25) is 9.78 Å². The van der Waals surface area contributed by atoms with Gasteiger partial charge in [0, 0.05) is 24.0 Å². The molecule has 0 spiro atoms. The third-order valence-corrected chi connectivity index (χ3v) is 5.36. The maximum absolute atomic E-state index is 11.5. The van der Waals surface area contributed by atoms with E-state index in [0.717, 1.165) is 28.5 Å². The number of aldehydes is 1. The molecule has 1 heterocycles. The predicted octanol–water partition coefficient (Wildman–Crippen LogP) is 5.90. The summed E-state index contributed by atoms with van der Waals surface area (Å²) in [6, 6.07) is 25.3. The molecule has 5 heteroatoms. The molecule has 0 unspecified atom stereocenters. The second kappa shape index (κ2) is 10.3. The van der Waals surface area contributed by atoms with Crippen LogP contribution < -0.4 is 9.47 Å². The average Bonchev–Trinajstić information content (AvgIpc) is 2.87. The lowest BCUT2D eigenvalue weighted by Gasteiger charge is -2.14. The lowest BCUT2D eigenvalue weighted by molar-refractivity contribution is 0.111. The van der Waals surface area contributed by atoms with Crippen LogP contribution in [0.5, 0.6) is 11.5 Å². The Balaban J connectivity index is 1.49. The Labute approximate surface area is 192 Å². The second-order valence-corrected chi connectivity index (χ2v) is 7.54. The maximum atomic E-state index is 11.5. The number of nitriles is 1. The van der Waals surface area contributed by atoms with Gasteiger partial charge in [-0.1, -0.05) is 48.5 Å². The Morgan fingerprint density at radius 3 is 2.58 bits per heavy atom. The molecule has 0 amide bonds. The Morgan fingerprint density at radius 1 is 0.939 bits per heavy atom. The van der Waals surface area contributed by atoms with Gasteiger partial charge in [0.2, 0.25) is 0 Å². The van der Waals surface area contributed by atoms with Crippen LogP contribution in [0, 0.1) is 18.3 Å². The van der Waals surface area contributed by atoms with Gasteiger partial charge >= 0.3 is 0 Å². The number of benzene rings is 3. The predicted molar refractivity (Wildman–Crippen MR) is 126 cm³/mol. The lowest BCUT2D eigenvalue weighted by Crippen LogP contribution is -2.02. The molecule has 0 saturated carbocycles. The van der Waals surface area contributed by atoms with Crippen LogP contribution in [0.15, 0.2) is 85.2 Å². The number of rotatable bonds is 8. The molecule has 0 aliphatic carbocycles. The number of aromatic nitrogens is 1. The summed E-state index contributed by atoms with van der Waals surface area (Å²) in [5.41, 5.74) is 6.20. The molecule has 0 aliphatic heterocycles. The van der Waals surface area contributed by atoms with Crippen molar-refractivity contribution in [1.29, 1.82) is 5.26 Å². The van der Waals surface area contributed by atoms with Crippen LogP contribution in [0.25, 0.3) is 11.1 Å². The van der Waals surface area contributed by atoms with E-state index in [2.05, 4.69) is 36.2 Å². The molecule has 162 valence electrons. The summed E-state index contributed by atoms with van der Waals surface area (Å²) >= 11 is 0. The van der Waals surface area contributed by atoms with Gasteiger partial charge < -0.3 is 9.47 Å². The molecule has 0 bridgehead atoms. The van der Waals surface area contributed by atoms with E-state index < -0.39 is 0 Å². The van der Waals surface area contributed by atoms with Crippen molar-refractivity contribution in [3.8, 4) is 28.7 Å². The van der Waals surface area contributed by atoms with E-state index in [-0.39, 0.29) is 6.61 Å². The van der Waals surface area contributed by atoms with Crippen molar-refractivity contribution in [3.63, 3.8) is 0 Å². The summed E-state index contributed by atoms with van der Waals surface area (Å²) in [6.45, 7) is 2.67. The van der Waals surface area contributed by atoms with Gasteiger partial charge in [0.25, 0.3) is 0 Å². The van der Waals surface area contributed by atoms with Crippen LogP contribution in [-0.4, -0.2) is 11.3 Å². The largest absolute Gasteiger partial charge is 0.489 e. The fourth-order valence-electron chi connectivity index (χ4n) is 3.55. The van der Waals surface area contributed by atoms with Gasteiger partial charge in [0.1, 0.15) is 30.8 Å². The second-order valence-electron chi connectivity index (χ2n) is 7.54. The number of ether oxygens (including phenoxy) is 2. The minimum Gasteiger partial charge on any atom is -0.489 e. The van der Waals surface area contributed by atoms with Crippen molar-refractivity contribution >= 4 is 6.29 Å². The zero-order chi connectivity index (χ0) is 23.0. The minimum absolute atomic E-state index is 0.186. The van der Waals surface area contributed by atoms with Crippen molar-refractivity contribution in [3.05, 3.63) is 113 Å². The van der Waals surface area contributed by atoms with Crippen LogP contribution >= 0.6 is 0 Å². The molecule has 4 aromatic rings. The smallest absolute Gasteiger partial charge is 0.153 e. The first kappa shape index (κ1) is 21.8. The van der Waals surface area contributed by atoms with Crippen LogP contribution in [-0.2, 0) is 13.2 Å². The highest BCUT2D eigenvalue weighted by atomic mass is 16.5. The van der Waals surface area contributed by atoms with Crippen LogP contribution in [0.1, 0.15) is 32.6 Å². The van der Waals surface area contributed by atoms with Gasteiger partial charge in [-0.15, -0.1) is 0 Å². The number of carbonyl (C=O) groups is 1. The van der Waals surface area contributed by atoms with Crippen LogP contribution in [0.4, 0.5) is 0 Å². The molecule has 0 N–H and O–H groups in total. The SMILES string of the molecule is Cc1c(COc2ccc(C=O)c(OCc3cncc(C#N)c3)c2)cccc1-c1ccccc1. The van der Waals surface area contributed by atoms with Gasteiger partial charge in [-0.2, -0.15) is 5.26 Å². The topological polar surface area (TPSA) is 72.2 Å². The minimum atomic E-state index is 0.186. The van der Waals surface area contributed by atoms with E-state index in [4.69, 9.17) is 14.7 Å². The van der Waals surface area contributed by atoms with Crippen molar-refractivity contribution in [2.75, 3.05) is 0 Å². The summed E-state index contributed by atoms with van der Waals surface area (Å²) in [6.07, 6.45) is 3.87. The number of pyridine rings is 1. The van der Waals surface area contributed by atoms with E-state index in [1.807, 2.05) is 30.3 Å². The highest BCUT2D eigenvalue weighted by Crippen LogP contribution is 2.28. The summed E-state index contributed by atoms with van der Waals surface area (Å²) in [4.78, 5) is 15.5. The van der Waals surface area contributed by atoms with E-state index in [1.165, 1.54) is 11.8 Å². The molecule has 4 rings (SSSR count). The van der Waals surface area contributed by atoms with E-state index >= 15 is 0 Å². The fourth-order valence-corrected chi connectivity index (χ4v) is 3.55. The van der Waals surface area contributed by atoms with Gasteiger partial charge in [-0.25, -0.2) is 0 Å². The monoisotopic (exact) mass is 434 g/mol. The van der Waals surface area contributed by atoms with Crippen molar-refractivity contribution < 1.29 is 14.3 Å². The van der Waals surface area contributed by atoms with Crippen molar-refractivity contribution in [1.82, 2.24) is 4.98 Å². The average molecular weight is 434 g/mol. The first-order chi connectivity index (χ1) is 16.2. The molecular formula is C28H22N2O3. The number of nitrogens with zero attached hydrogens (tertiary/aromatic N) is 2. The maximum Gasteiger partial charge on any atom is 0.153 e. The first-order valence-corrected chi connectivity index (χ1v) is 10.5. The van der Waals surface area contributed by atoms with E-state index in [1.54, 1.807) is 30.5 Å². The summed E-state index contributed by atoms with van der Waals surface area (Å²) < 4.78 is 11.9. The van der Waals surface area contributed by atoms with E-state index in [0.29, 0.717) is 29.2 Å². The molecule has 1 aromatic heterocycles. The summed E-state index contributed by atoms with van der Waals surface area (Å²) in [5, 5.41) is 9.03. The van der Waals surface area contributed by atoms with Crippen LogP contribution in [0.2, 0.25) is 0 Å². The Kier molecular flexibility index (Phi) is 6.77. The molecule has 0 saturated heterocycles. The third kappa shape index (κ3) is 5.25. The number of carbonyl (C=O) groups excluding carboxylic acids is 1. The standard InChI is InChI=1S/C28H22N2O3/c1-20-25(8-5-9-27(20)23-6-3-2-4-7-23)19-32-26-11-10-24(17-31)28(13-26)33-18-22-12-21(14-29)15-30-16-22/h2-13,15-17H,18-19H2,1H3. The zero-order valence-electron chi connectivity index (χ0n) is 18.2. The molecule has 0 aliphatic rings. The molecule has 0 atom stereocenters. The quantitative estimate of drug-likeness (QED) is 0.323. The van der Waals surface area contributed by atoms with Gasteiger partial charge in [0.15, 0.2) is 6.29 Å². The zero-order valence-corrected chi connectivity index (χ0v) is 18.2. The summed E-state index contributed by atoms with van der Waals surface area (Å²) in [5.74, 6) is 1.02. The lowest BCUT2D eigenvalue weighted by atomic mass is 9.97. The number of hydrogen-bond donors (Lipinski definition) is 0. The van der Waals surface area contributed by atoms with Gasteiger partial charge in [-0.05, 0) is 47.4 Å². The van der Waals surface area contributed by atoms with Crippen molar-refractivity contribution in [2.45, 2.75) is 20.1 Å². The summed E-state index contributed by atoms with van der Waals surface area (Å²) in [7, 11) is 0. The third-order valence-electron chi connectivity index (χ3n) is 5.36.